The van der Waals surface area contributed by atoms with Crippen LogP contribution < -0.4 is 0 Å². The Balaban J connectivity index is 1.86. The van der Waals surface area contributed by atoms with Gasteiger partial charge < -0.3 is 4.74 Å². The summed E-state index contributed by atoms with van der Waals surface area (Å²) in [7, 11) is 1.44. The summed E-state index contributed by atoms with van der Waals surface area (Å²) in [5.74, 6) is -0.358. The Kier molecular flexibility index (Phi) is 4.00. The fraction of sp³-hybridized carbons (Fsp3) is 0.333. The fourth-order valence-corrected chi connectivity index (χ4v) is 3.02. The second-order valence-corrected chi connectivity index (χ2v) is 5.52. The molecule has 0 amide bonds. The maximum atomic E-state index is 11.8. The molecule has 0 spiro atoms. The maximum absolute atomic E-state index is 11.8. The van der Waals surface area contributed by atoms with Crippen molar-refractivity contribution in [2.24, 2.45) is 0 Å². The number of aromatic nitrogens is 1. The molecule has 0 radical (unpaired) electrons. The number of benzene rings is 1. The van der Waals surface area contributed by atoms with Crippen LogP contribution in [0, 0.1) is 0 Å². The zero-order chi connectivity index (χ0) is 14.7. The average molecular weight is 281 g/mol. The number of ether oxygens (including phenoxy) is 1. The van der Waals surface area contributed by atoms with Crippen LogP contribution in [0.3, 0.4) is 0 Å². The van der Waals surface area contributed by atoms with Crippen molar-refractivity contribution in [3.8, 4) is 0 Å². The molecule has 1 aromatic heterocycles. The highest BCUT2D eigenvalue weighted by atomic mass is 16.5. The van der Waals surface area contributed by atoms with E-state index in [1.54, 1.807) is 0 Å². The predicted octanol–water partition coefficient (Wildman–Crippen LogP) is 3.27. The molecule has 1 unspecified atom stereocenters. The van der Waals surface area contributed by atoms with Crippen LogP contribution in [-0.2, 0) is 22.4 Å². The first kappa shape index (κ1) is 13.8. The van der Waals surface area contributed by atoms with Crippen molar-refractivity contribution in [2.75, 3.05) is 7.11 Å². The number of rotatable bonds is 3. The van der Waals surface area contributed by atoms with Crippen molar-refractivity contribution in [3.63, 3.8) is 0 Å². The third kappa shape index (κ3) is 2.97. The van der Waals surface area contributed by atoms with E-state index >= 15 is 0 Å². The summed E-state index contributed by atoms with van der Waals surface area (Å²) < 4.78 is 4.89. The van der Waals surface area contributed by atoms with Gasteiger partial charge >= 0.3 is 5.97 Å². The van der Waals surface area contributed by atoms with E-state index in [9.17, 15) is 4.79 Å². The number of nitrogens with zero attached hydrogens (tertiary/aromatic N) is 1. The van der Waals surface area contributed by atoms with Crippen molar-refractivity contribution in [3.05, 3.63) is 65.0 Å². The van der Waals surface area contributed by atoms with Gasteiger partial charge in [-0.2, -0.15) is 0 Å². The number of carbonyl (C=O) groups is 1. The lowest BCUT2D eigenvalue weighted by atomic mass is 9.85. The van der Waals surface area contributed by atoms with Crippen LogP contribution in [0.4, 0.5) is 0 Å². The minimum atomic E-state index is -0.190. The van der Waals surface area contributed by atoms with E-state index < -0.39 is 0 Å². The Morgan fingerprint density at radius 1 is 1.29 bits per heavy atom. The van der Waals surface area contributed by atoms with Crippen LogP contribution in [0.5, 0.6) is 0 Å². The summed E-state index contributed by atoms with van der Waals surface area (Å²) in [6, 6.07) is 12.6. The number of hydrogen-bond donors (Lipinski definition) is 0. The van der Waals surface area contributed by atoms with E-state index in [1.807, 2.05) is 12.3 Å². The number of hydrogen-bond acceptors (Lipinski definition) is 3. The SMILES string of the molecule is COC(=O)C1CCCc2cc(Cc3ccccc3)cnc21. The first-order valence-corrected chi connectivity index (χ1v) is 7.37. The van der Waals surface area contributed by atoms with Gasteiger partial charge in [-0.15, -0.1) is 0 Å². The van der Waals surface area contributed by atoms with Crippen molar-refractivity contribution in [1.82, 2.24) is 4.98 Å². The molecule has 0 bridgehead atoms. The van der Waals surface area contributed by atoms with Gasteiger partial charge in [0.25, 0.3) is 0 Å². The summed E-state index contributed by atoms with van der Waals surface area (Å²) in [6.07, 6.45) is 5.63. The molecule has 1 heterocycles. The molecular weight excluding hydrogens is 262 g/mol. The number of carbonyl (C=O) groups excluding carboxylic acids is 1. The summed E-state index contributed by atoms with van der Waals surface area (Å²) in [5, 5.41) is 0. The van der Waals surface area contributed by atoms with Crippen LogP contribution in [0.2, 0.25) is 0 Å². The highest BCUT2D eigenvalue weighted by Crippen LogP contribution is 2.31. The lowest BCUT2D eigenvalue weighted by Gasteiger charge is -2.22. The van der Waals surface area contributed by atoms with Gasteiger partial charge in [0.1, 0.15) is 0 Å². The molecule has 3 heteroatoms. The molecule has 1 aromatic carbocycles. The van der Waals surface area contributed by atoms with Crippen LogP contribution >= 0.6 is 0 Å². The largest absolute Gasteiger partial charge is 0.469 e. The van der Waals surface area contributed by atoms with E-state index in [1.165, 1.54) is 23.8 Å². The Labute approximate surface area is 125 Å². The van der Waals surface area contributed by atoms with E-state index in [2.05, 4.69) is 35.3 Å². The number of aryl methyl sites for hydroxylation is 1. The van der Waals surface area contributed by atoms with Gasteiger partial charge in [0.15, 0.2) is 0 Å². The van der Waals surface area contributed by atoms with E-state index in [0.29, 0.717) is 0 Å². The van der Waals surface area contributed by atoms with E-state index in [4.69, 9.17) is 4.74 Å². The van der Waals surface area contributed by atoms with Gasteiger partial charge in [-0.1, -0.05) is 36.4 Å². The molecule has 0 fully saturated rings. The number of methoxy groups -OCH3 is 1. The molecule has 1 atom stereocenters. The number of fused-ring (bicyclic) bond motifs is 1. The molecule has 108 valence electrons. The van der Waals surface area contributed by atoms with Crippen LogP contribution in [0.1, 0.15) is 41.1 Å². The Bertz CT molecular complexity index is 637. The molecule has 0 N–H and O–H groups in total. The molecule has 0 saturated carbocycles. The van der Waals surface area contributed by atoms with Crippen molar-refractivity contribution >= 4 is 5.97 Å². The smallest absolute Gasteiger partial charge is 0.314 e. The Morgan fingerprint density at radius 2 is 2.10 bits per heavy atom. The minimum Gasteiger partial charge on any atom is -0.469 e. The van der Waals surface area contributed by atoms with Crippen molar-refractivity contribution in [2.45, 2.75) is 31.6 Å². The summed E-state index contributed by atoms with van der Waals surface area (Å²) >= 11 is 0. The Hall–Kier alpha value is -2.16. The molecule has 0 aliphatic heterocycles. The van der Waals surface area contributed by atoms with Crippen LogP contribution in [-0.4, -0.2) is 18.1 Å². The number of esters is 1. The zero-order valence-electron chi connectivity index (χ0n) is 12.2. The third-order valence-corrected chi connectivity index (χ3v) is 4.06. The quantitative estimate of drug-likeness (QED) is 0.811. The van der Waals surface area contributed by atoms with Crippen LogP contribution in [0.15, 0.2) is 42.6 Å². The van der Waals surface area contributed by atoms with Crippen LogP contribution in [0.25, 0.3) is 0 Å². The monoisotopic (exact) mass is 281 g/mol. The summed E-state index contributed by atoms with van der Waals surface area (Å²) in [6.45, 7) is 0. The highest BCUT2D eigenvalue weighted by Gasteiger charge is 2.28. The zero-order valence-corrected chi connectivity index (χ0v) is 12.2. The van der Waals surface area contributed by atoms with Gasteiger partial charge in [-0.3, -0.25) is 9.78 Å². The maximum Gasteiger partial charge on any atom is 0.314 e. The second-order valence-electron chi connectivity index (χ2n) is 5.52. The lowest BCUT2D eigenvalue weighted by molar-refractivity contribution is -0.142. The first-order valence-electron chi connectivity index (χ1n) is 7.37. The molecule has 0 saturated heterocycles. The minimum absolute atomic E-state index is 0.167. The van der Waals surface area contributed by atoms with Crippen molar-refractivity contribution < 1.29 is 9.53 Å². The second kappa shape index (κ2) is 6.08. The highest BCUT2D eigenvalue weighted by molar-refractivity contribution is 5.78. The molecule has 3 nitrogen and oxygen atoms in total. The van der Waals surface area contributed by atoms with Gasteiger partial charge in [0.05, 0.1) is 18.7 Å². The predicted molar refractivity (Wildman–Crippen MR) is 81.2 cm³/mol. The molecule has 1 aliphatic carbocycles. The summed E-state index contributed by atoms with van der Waals surface area (Å²) in [4.78, 5) is 16.4. The third-order valence-electron chi connectivity index (χ3n) is 4.06. The number of pyridine rings is 1. The van der Waals surface area contributed by atoms with Crippen molar-refractivity contribution in [1.29, 1.82) is 0 Å². The van der Waals surface area contributed by atoms with Gasteiger partial charge in [0.2, 0.25) is 0 Å². The first-order chi connectivity index (χ1) is 10.3. The standard InChI is InChI=1S/C18H19NO2/c1-21-18(20)16-9-5-8-15-11-14(12-19-17(15)16)10-13-6-3-2-4-7-13/h2-4,6-7,11-12,16H,5,8-10H2,1H3. The fourth-order valence-electron chi connectivity index (χ4n) is 3.02. The molecular formula is C18H19NO2. The van der Waals surface area contributed by atoms with E-state index in [-0.39, 0.29) is 11.9 Å². The molecule has 21 heavy (non-hydrogen) atoms. The average Bonchev–Trinajstić information content (AvgIpc) is 2.54. The molecule has 1 aliphatic rings. The van der Waals surface area contributed by atoms with Gasteiger partial charge in [-0.25, -0.2) is 0 Å². The van der Waals surface area contributed by atoms with Gasteiger partial charge in [0, 0.05) is 6.20 Å². The van der Waals surface area contributed by atoms with Gasteiger partial charge in [-0.05, 0) is 42.4 Å². The summed E-state index contributed by atoms with van der Waals surface area (Å²) in [5.41, 5.74) is 4.58. The topological polar surface area (TPSA) is 39.2 Å². The lowest BCUT2D eigenvalue weighted by Crippen LogP contribution is -2.21. The normalized spacial score (nSPS) is 17.1. The van der Waals surface area contributed by atoms with E-state index in [0.717, 1.165) is 31.4 Å². The molecule has 3 rings (SSSR count). The Morgan fingerprint density at radius 3 is 2.86 bits per heavy atom. The molecule has 2 aromatic rings.